The van der Waals surface area contributed by atoms with Crippen molar-refractivity contribution in [3.05, 3.63) is 51.4 Å². The molecule has 2 rings (SSSR count). The van der Waals surface area contributed by atoms with Gasteiger partial charge >= 0.3 is 0 Å². The van der Waals surface area contributed by atoms with Crippen molar-refractivity contribution >= 4 is 17.0 Å². The Morgan fingerprint density at radius 3 is 2.52 bits per heavy atom. The molecule has 1 aromatic carbocycles. The highest BCUT2D eigenvalue weighted by atomic mass is 32.1. The van der Waals surface area contributed by atoms with Crippen molar-refractivity contribution in [2.45, 2.75) is 26.8 Å². The molecular formula is C17H22N2O3S. The highest BCUT2D eigenvalue weighted by Gasteiger charge is 2.16. The van der Waals surface area contributed by atoms with Gasteiger partial charge in [-0.2, -0.15) is 0 Å². The lowest BCUT2D eigenvalue weighted by Gasteiger charge is -2.23. The Balaban J connectivity index is 1.94. The van der Waals surface area contributed by atoms with Crippen molar-refractivity contribution in [2.24, 2.45) is 5.41 Å². The molecule has 0 spiro atoms. The molecule has 0 unspecified atom stereocenters. The molecule has 0 bridgehead atoms. The molecule has 0 aliphatic rings. The Labute approximate surface area is 140 Å². The van der Waals surface area contributed by atoms with Crippen LogP contribution in [0.25, 0.3) is 10.4 Å². The van der Waals surface area contributed by atoms with Crippen LogP contribution in [0.1, 0.15) is 25.1 Å². The van der Waals surface area contributed by atoms with E-state index < -0.39 is 0 Å². The van der Waals surface area contributed by atoms with Crippen LogP contribution in [0.5, 0.6) is 0 Å². The molecule has 1 aromatic heterocycles. The second-order valence-electron chi connectivity index (χ2n) is 6.31. The van der Waals surface area contributed by atoms with Crippen molar-refractivity contribution in [1.82, 2.24) is 5.32 Å². The average molecular weight is 334 g/mol. The molecule has 2 N–H and O–H groups in total. The fourth-order valence-corrected chi connectivity index (χ4v) is 3.27. The normalized spacial score (nSPS) is 11.6. The largest absolute Gasteiger partial charge is 0.396 e. The topological polar surface area (TPSA) is 75.4 Å². The number of non-ortho nitro benzene ring substituents is 1. The molecule has 0 aliphatic heterocycles. The SMILES string of the molecule is CC(C)(CCO)CNCc1ccc(-c2ccc([N+](=O)[O-])cc2)s1. The lowest BCUT2D eigenvalue weighted by molar-refractivity contribution is -0.384. The number of thiophene rings is 1. The molecule has 0 aliphatic carbocycles. The number of nitro groups is 1. The summed E-state index contributed by atoms with van der Waals surface area (Å²) in [6.07, 6.45) is 0.776. The van der Waals surface area contributed by atoms with Gasteiger partial charge in [0.1, 0.15) is 0 Å². The van der Waals surface area contributed by atoms with E-state index in [1.807, 2.05) is 6.07 Å². The van der Waals surface area contributed by atoms with Gasteiger partial charge in [0, 0.05) is 41.6 Å². The minimum Gasteiger partial charge on any atom is -0.396 e. The molecule has 0 amide bonds. The molecule has 0 fully saturated rings. The van der Waals surface area contributed by atoms with E-state index in [4.69, 9.17) is 5.11 Å². The van der Waals surface area contributed by atoms with Crippen LogP contribution in [0, 0.1) is 15.5 Å². The standard InChI is InChI=1S/C17H22N2O3S/c1-17(2,9-10-20)12-18-11-15-7-8-16(23-15)13-3-5-14(6-4-13)19(21)22/h3-8,18,20H,9-12H2,1-2H3. The molecule has 0 atom stereocenters. The van der Waals surface area contributed by atoms with Crippen molar-refractivity contribution in [1.29, 1.82) is 0 Å². The summed E-state index contributed by atoms with van der Waals surface area (Å²) in [6, 6.07) is 10.8. The van der Waals surface area contributed by atoms with Crippen LogP contribution in [-0.4, -0.2) is 23.2 Å². The first kappa shape index (κ1) is 17.6. The summed E-state index contributed by atoms with van der Waals surface area (Å²) in [5, 5.41) is 23.1. The maximum atomic E-state index is 10.7. The second kappa shape index (κ2) is 7.68. The van der Waals surface area contributed by atoms with E-state index in [1.54, 1.807) is 23.5 Å². The minimum atomic E-state index is -0.387. The molecule has 0 saturated heterocycles. The highest BCUT2D eigenvalue weighted by molar-refractivity contribution is 7.15. The number of rotatable bonds is 8. The minimum absolute atomic E-state index is 0.0766. The molecular weight excluding hydrogens is 312 g/mol. The van der Waals surface area contributed by atoms with Gasteiger partial charge in [0.2, 0.25) is 0 Å². The third kappa shape index (κ3) is 5.13. The van der Waals surface area contributed by atoms with Crippen LogP contribution in [-0.2, 0) is 6.54 Å². The Morgan fingerprint density at radius 2 is 1.91 bits per heavy atom. The smallest absolute Gasteiger partial charge is 0.269 e. The quantitative estimate of drug-likeness (QED) is 0.568. The fraction of sp³-hybridized carbons (Fsp3) is 0.412. The first-order valence-electron chi connectivity index (χ1n) is 7.56. The number of aliphatic hydroxyl groups is 1. The molecule has 0 radical (unpaired) electrons. The van der Waals surface area contributed by atoms with Crippen molar-refractivity contribution in [3.63, 3.8) is 0 Å². The van der Waals surface area contributed by atoms with Crippen molar-refractivity contribution < 1.29 is 10.0 Å². The van der Waals surface area contributed by atoms with E-state index in [2.05, 4.69) is 25.2 Å². The van der Waals surface area contributed by atoms with Gasteiger partial charge in [0.05, 0.1) is 4.92 Å². The molecule has 23 heavy (non-hydrogen) atoms. The monoisotopic (exact) mass is 334 g/mol. The van der Waals surface area contributed by atoms with Gasteiger partial charge in [0.25, 0.3) is 5.69 Å². The number of hydrogen-bond donors (Lipinski definition) is 2. The predicted molar refractivity (Wildman–Crippen MR) is 93.6 cm³/mol. The molecule has 0 saturated carbocycles. The van der Waals surface area contributed by atoms with Crippen LogP contribution in [0.4, 0.5) is 5.69 Å². The van der Waals surface area contributed by atoms with Crippen molar-refractivity contribution in [2.75, 3.05) is 13.2 Å². The van der Waals surface area contributed by atoms with Gasteiger partial charge in [-0.3, -0.25) is 10.1 Å². The lowest BCUT2D eigenvalue weighted by Crippen LogP contribution is -2.29. The molecule has 6 heteroatoms. The Bertz CT molecular complexity index is 650. The first-order chi connectivity index (χ1) is 10.9. The first-order valence-corrected chi connectivity index (χ1v) is 8.38. The van der Waals surface area contributed by atoms with E-state index in [1.165, 1.54) is 17.0 Å². The van der Waals surface area contributed by atoms with Crippen LogP contribution in [0.3, 0.4) is 0 Å². The zero-order valence-electron chi connectivity index (χ0n) is 13.4. The maximum absolute atomic E-state index is 10.7. The van der Waals surface area contributed by atoms with Crippen LogP contribution < -0.4 is 5.32 Å². The third-order valence-electron chi connectivity index (χ3n) is 3.72. The Kier molecular flexibility index (Phi) is 5.87. The Morgan fingerprint density at radius 1 is 1.22 bits per heavy atom. The van der Waals surface area contributed by atoms with Gasteiger partial charge in [-0.15, -0.1) is 11.3 Å². The molecule has 124 valence electrons. The summed E-state index contributed by atoms with van der Waals surface area (Å²) in [4.78, 5) is 12.6. The van der Waals surface area contributed by atoms with Gasteiger partial charge in [0.15, 0.2) is 0 Å². The van der Waals surface area contributed by atoms with Gasteiger partial charge < -0.3 is 10.4 Å². The molecule has 5 nitrogen and oxygen atoms in total. The van der Waals surface area contributed by atoms with E-state index in [9.17, 15) is 10.1 Å². The van der Waals surface area contributed by atoms with Crippen LogP contribution in [0.2, 0.25) is 0 Å². The summed E-state index contributed by atoms with van der Waals surface area (Å²) in [6.45, 7) is 6.10. The van der Waals surface area contributed by atoms with E-state index in [0.717, 1.165) is 30.0 Å². The number of benzene rings is 1. The second-order valence-corrected chi connectivity index (χ2v) is 7.48. The van der Waals surface area contributed by atoms with Crippen molar-refractivity contribution in [3.8, 4) is 10.4 Å². The summed E-state index contributed by atoms with van der Waals surface area (Å²) in [7, 11) is 0. The van der Waals surface area contributed by atoms with E-state index in [0.29, 0.717) is 0 Å². The molecule has 1 heterocycles. The number of nitrogens with zero attached hydrogens (tertiary/aromatic N) is 1. The lowest BCUT2D eigenvalue weighted by atomic mass is 9.90. The number of hydrogen-bond acceptors (Lipinski definition) is 5. The number of nitro benzene ring substituents is 1. The van der Waals surface area contributed by atoms with Gasteiger partial charge in [-0.25, -0.2) is 0 Å². The summed E-state index contributed by atoms with van der Waals surface area (Å²) in [5.41, 5.74) is 1.18. The predicted octanol–water partition coefficient (Wildman–Crippen LogP) is 3.82. The zero-order chi connectivity index (χ0) is 16.9. The molecule has 2 aromatic rings. The van der Waals surface area contributed by atoms with E-state index in [-0.39, 0.29) is 22.6 Å². The Hall–Kier alpha value is -1.76. The van der Waals surface area contributed by atoms with Gasteiger partial charge in [-0.1, -0.05) is 13.8 Å². The highest BCUT2D eigenvalue weighted by Crippen LogP contribution is 2.29. The summed E-state index contributed by atoms with van der Waals surface area (Å²) >= 11 is 1.68. The van der Waals surface area contributed by atoms with E-state index >= 15 is 0 Å². The summed E-state index contributed by atoms with van der Waals surface area (Å²) < 4.78 is 0. The van der Waals surface area contributed by atoms with Crippen LogP contribution >= 0.6 is 11.3 Å². The zero-order valence-corrected chi connectivity index (χ0v) is 14.2. The van der Waals surface area contributed by atoms with Gasteiger partial charge in [-0.05, 0) is 41.7 Å². The summed E-state index contributed by atoms with van der Waals surface area (Å²) in [5.74, 6) is 0. The third-order valence-corrected chi connectivity index (χ3v) is 4.85. The van der Waals surface area contributed by atoms with Crippen LogP contribution in [0.15, 0.2) is 36.4 Å². The number of aliphatic hydroxyl groups excluding tert-OH is 1. The number of nitrogens with one attached hydrogen (secondary N) is 1. The maximum Gasteiger partial charge on any atom is 0.269 e. The fourth-order valence-electron chi connectivity index (χ4n) is 2.29. The average Bonchev–Trinajstić information content (AvgIpc) is 2.96.